The van der Waals surface area contributed by atoms with Crippen molar-refractivity contribution >= 4 is 34.8 Å². The van der Waals surface area contributed by atoms with Crippen molar-refractivity contribution in [2.24, 2.45) is 0 Å². The molecule has 0 saturated heterocycles. The summed E-state index contributed by atoms with van der Waals surface area (Å²) >= 11 is 6.23. The van der Waals surface area contributed by atoms with Crippen LogP contribution in [0.5, 0.6) is 11.5 Å². The number of hydrogen-bond donors (Lipinski definition) is 3. The van der Waals surface area contributed by atoms with Gasteiger partial charge < -0.3 is 24.5 Å². The number of benzene rings is 1. The molecule has 178 valence electrons. The van der Waals surface area contributed by atoms with Gasteiger partial charge in [-0.2, -0.15) is 5.10 Å². The molecule has 11 nitrogen and oxygen atoms in total. The fourth-order valence-electron chi connectivity index (χ4n) is 3.22. The zero-order valence-electron chi connectivity index (χ0n) is 18.3. The Balaban J connectivity index is 1.35. The minimum atomic E-state index is -0.916. The summed E-state index contributed by atoms with van der Waals surface area (Å²) in [6, 6.07) is 6.81. The van der Waals surface area contributed by atoms with Crippen molar-refractivity contribution in [2.75, 3.05) is 19.5 Å². The summed E-state index contributed by atoms with van der Waals surface area (Å²) in [6.07, 6.45) is 5.21. The van der Waals surface area contributed by atoms with E-state index in [1.165, 1.54) is 31.4 Å². The third kappa shape index (κ3) is 5.33. The molecular formula is C22H22ClN5O6. The number of amides is 2. The number of nitrogens with zero attached hydrogens (tertiary/aromatic N) is 2. The second-order valence-corrected chi connectivity index (χ2v) is 7.59. The molecule has 3 N–H and O–H groups in total. The molecule has 12 heteroatoms. The van der Waals surface area contributed by atoms with Crippen LogP contribution < -0.4 is 25.6 Å². The van der Waals surface area contributed by atoms with Gasteiger partial charge in [0.25, 0.3) is 5.91 Å². The van der Waals surface area contributed by atoms with Crippen LogP contribution in [0.2, 0.25) is 5.02 Å². The maximum Gasteiger partial charge on any atom is 0.260 e. The second kappa shape index (κ2) is 10.3. The fourth-order valence-corrected chi connectivity index (χ4v) is 3.46. The number of nitrogens with one attached hydrogen (secondary N) is 3. The molecule has 3 aromatic rings. The summed E-state index contributed by atoms with van der Waals surface area (Å²) in [6.45, 7) is 0.266. The van der Waals surface area contributed by atoms with E-state index in [-0.39, 0.29) is 19.0 Å². The van der Waals surface area contributed by atoms with Crippen LogP contribution in [0.1, 0.15) is 11.3 Å². The number of rotatable bonds is 9. The first-order chi connectivity index (χ1) is 16.5. The van der Waals surface area contributed by atoms with Crippen LogP contribution >= 0.6 is 11.6 Å². The monoisotopic (exact) mass is 487 g/mol. The van der Waals surface area contributed by atoms with Crippen LogP contribution in [0.4, 0.5) is 5.69 Å². The molecule has 0 radical (unpaired) electrons. The Kier molecular flexibility index (Phi) is 7.04. The number of halogens is 1. The third-order valence-electron chi connectivity index (χ3n) is 4.88. The molecule has 0 unspecified atom stereocenters. The summed E-state index contributed by atoms with van der Waals surface area (Å²) in [7, 11) is 3.02. The van der Waals surface area contributed by atoms with E-state index < -0.39 is 12.0 Å². The van der Waals surface area contributed by atoms with Crippen molar-refractivity contribution in [3.05, 3.63) is 65.3 Å². The molecule has 1 aromatic carbocycles. The number of furan rings is 1. The van der Waals surface area contributed by atoms with Gasteiger partial charge in [-0.05, 0) is 24.3 Å². The highest BCUT2D eigenvalue weighted by Gasteiger charge is 2.27. The molecule has 1 atom stereocenters. The van der Waals surface area contributed by atoms with Crippen molar-refractivity contribution in [2.45, 2.75) is 19.2 Å². The predicted molar refractivity (Wildman–Crippen MR) is 122 cm³/mol. The molecule has 0 spiro atoms. The molecular weight excluding hydrogens is 466 g/mol. The van der Waals surface area contributed by atoms with E-state index in [1.807, 2.05) is 0 Å². The number of ether oxygens (including phenoxy) is 2. The van der Waals surface area contributed by atoms with Crippen LogP contribution in [0.3, 0.4) is 0 Å². The van der Waals surface area contributed by atoms with Gasteiger partial charge in [-0.3, -0.25) is 24.6 Å². The van der Waals surface area contributed by atoms with Crippen molar-refractivity contribution in [3.63, 3.8) is 0 Å². The van der Waals surface area contributed by atoms with Crippen LogP contribution in [0.15, 0.2) is 53.4 Å². The first-order valence-electron chi connectivity index (χ1n) is 10.1. The number of aromatic nitrogens is 2. The lowest BCUT2D eigenvalue weighted by Crippen LogP contribution is -2.28. The Labute approximate surface area is 199 Å². The minimum Gasteiger partial charge on any atom is -0.496 e. The summed E-state index contributed by atoms with van der Waals surface area (Å²) in [4.78, 5) is 30.1. The summed E-state index contributed by atoms with van der Waals surface area (Å²) < 4.78 is 17.2. The average molecular weight is 488 g/mol. The molecule has 2 aromatic heterocycles. The SMILES string of the molecule is COc1cc(OC)c(C2=C[C@H](C(=O)Nc3cnn(CC(=O)NCc4ccco4)c3)ON2)cc1Cl. The van der Waals surface area contributed by atoms with Crippen LogP contribution in [-0.4, -0.2) is 41.9 Å². The van der Waals surface area contributed by atoms with Gasteiger partial charge in [-0.15, -0.1) is 0 Å². The van der Waals surface area contributed by atoms with Gasteiger partial charge in [0, 0.05) is 17.8 Å². The first-order valence-corrected chi connectivity index (χ1v) is 10.5. The number of hydrogen-bond acceptors (Lipinski definition) is 8. The van der Waals surface area contributed by atoms with E-state index >= 15 is 0 Å². The Morgan fingerprint density at radius 3 is 2.82 bits per heavy atom. The van der Waals surface area contributed by atoms with Crippen molar-refractivity contribution in [1.29, 1.82) is 0 Å². The molecule has 0 fully saturated rings. The lowest BCUT2D eigenvalue weighted by atomic mass is 10.1. The lowest BCUT2D eigenvalue weighted by Gasteiger charge is -2.12. The molecule has 2 amide bonds. The molecule has 3 heterocycles. The normalized spacial score (nSPS) is 14.8. The average Bonchev–Trinajstić information content (AvgIpc) is 3.60. The number of carbonyl (C=O) groups is 2. The maximum atomic E-state index is 12.7. The van der Waals surface area contributed by atoms with Gasteiger partial charge in [0.05, 0.1) is 49.6 Å². The smallest absolute Gasteiger partial charge is 0.260 e. The lowest BCUT2D eigenvalue weighted by molar-refractivity contribution is -0.125. The predicted octanol–water partition coefficient (Wildman–Crippen LogP) is 2.35. The topological polar surface area (TPSA) is 129 Å². The Morgan fingerprint density at radius 2 is 2.09 bits per heavy atom. The van der Waals surface area contributed by atoms with Gasteiger partial charge in [0.1, 0.15) is 23.8 Å². The summed E-state index contributed by atoms with van der Waals surface area (Å²) in [5.74, 6) is 0.927. The van der Waals surface area contributed by atoms with Crippen LogP contribution in [0.25, 0.3) is 5.70 Å². The van der Waals surface area contributed by atoms with Crippen molar-refractivity contribution in [3.8, 4) is 11.5 Å². The zero-order valence-corrected chi connectivity index (χ0v) is 19.1. The molecule has 4 rings (SSSR count). The molecule has 0 bridgehead atoms. The van der Waals surface area contributed by atoms with Gasteiger partial charge in [-0.25, -0.2) is 0 Å². The third-order valence-corrected chi connectivity index (χ3v) is 5.18. The quantitative estimate of drug-likeness (QED) is 0.419. The minimum absolute atomic E-state index is 0.0138. The Morgan fingerprint density at radius 1 is 1.26 bits per heavy atom. The molecule has 0 aliphatic carbocycles. The van der Waals surface area contributed by atoms with E-state index in [9.17, 15) is 9.59 Å². The van der Waals surface area contributed by atoms with Gasteiger partial charge >= 0.3 is 0 Å². The van der Waals surface area contributed by atoms with E-state index in [4.69, 9.17) is 30.3 Å². The standard InChI is InChI=1S/C22H22ClN5O6/c1-31-18-8-19(32-2)16(23)6-15(18)17-7-20(34-27-17)22(30)26-13-9-25-28(11-13)12-21(29)24-10-14-4-3-5-33-14/h3-9,11,20,27H,10,12H2,1-2H3,(H,24,29)(H,26,30)/t20-/m1/s1. The second-order valence-electron chi connectivity index (χ2n) is 7.18. The Bertz CT molecular complexity index is 1210. The Hall–Kier alpha value is -3.96. The van der Waals surface area contributed by atoms with Gasteiger partial charge in [0.15, 0.2) is 6.10 Å². The van der Waals surface area contributed by atoms with Crippen molar-refractivity contribution in [1.82, 2.24) is 20.6 Å². The highest BCUT2D eigenvalue weighted by atomic mass is 35.5. The van der Waals surface area contributed by atoms with Gasteiger partial charge in [-0.1, -0.05) is 11.6 Å². The molecule has 34 heavy (non-hydrogen) atoms. The highest BCUT2D eigenvalue weighted by molar-refractivity contribution is 6.32. The number of hydroxylamine groups is 1. The van der Waals surface area contributed by atoms with Crippen molar-refractivity contribution < 1.29 is 28.3 Å². The van der Waals surface area contributed by atoms with Crippen LogP contribution in [-0.2, 0) is 27.5 Å². The molecule has 0 saturated carbocycles. The summed E-state index contributed by atoms with van der Waals surface area (Å²) in [5, 5.41) is 9.91. The van der Waals surface area contributed by atoms with E-state index in [1.54, 1.807) is 36.5 Å². The number of methoxy groups -OCH3 is 2. The van der Waals surface area contributed by atoms with E-state index in [0.29, 0.717) is 39.2 Å². The molecule has 1 aliphatic heterocycles. The maximum absolute atomic E-state index is 12.7. The fraction of sp³-hybridized carbons (Fsp3) is 0.227. The number of carbonyl (C=O) groups excluding carboxylic acids is 2. The first kappa shape index (κ1) is 23.2. The zero-order chi connectivity index (χ0) is 24.1. The summed E-state index contributed by atoms with van der Waals surface area (Å²) in [5.41, 5.74) is 4.27. The largest absolute Gasteiger partial charge is 0.496 e. The van der Waals surface area contributed by atoms with Gasteiger partial charge in [0.2, 0.25) is 5.91 Å². The molecule has 1 aliphatic rings. The highest BCUT2D eigenvalue weighted by Crippen LogP contribution is 2.36. The number of anilines is 1. The van der Waals surface area contributed by atoms with E-state index in [0.717, 1.165) is 0 Å². The van der Waals surface area contributed by atoms with Crippen LogP contribution in [0, 0.1) is 0 Å². The van der Waals surface area contributed by atoms with E-state index in [2.05, 4.69) is 21.2 Å².